The molecule has 1 aliphatic rings. The summed E-state index contributed by atoms with van der Waals surface area (Å²) in [6.07, 6.45) is 5.40. The Morgan fingerprint density at radius 2 is 2.05 bits per heavy atom. The van der Waals surface area contributed by atoms with Crippen LogP contribution in [0.25, 0.3) is 0 Å². The zero-order chi connectivity index (χ0) is 13.9. The van der Waals surface area contributed by atoms with Crippen molar-refractivity contribution in [1.82, 2.24) is 9.88 Å². The maximum absolute atomic E-state index is 12.6. The summed E-state index contributed by atoms with van der Waals surface area (Å²) in [6.45, 7) is 0.810. The van der Waals surface area contributed by atoms with Crippen LogP contribution in [0.3, 0.4) is 0 Å². The summed E-state index contributed by atoms with van der Waals surface area (Å²) in [5, 5.41) is 0. The fourth-order valence-electron chi connectivity index (χ4n) is 2.73. The molecule has 1 aromatic heterocycles. The number of carbonyl (C=O) groups is 1. The number of nitrogens with zero attached hydrogens (tertiary/aromatic N) is 2. The Labute approximate surface area is 126 Å². The van der Waals surface area contributed by atoms with Crippen LogP contribution in [-0.2, 0) is 0 Å². The molecule has 3 rings (SSSR count). The topological polar surface area (TPSA) is 33.2 Å². The van der Waals surface area contributed by atoms with Crippen LogP contribution in [0.2, 0.25) is 0 Å². The summed E-state index contributed by atoms with van der Waals surface area (Å²) < 4.78 is 0.832. The van der Waals surface area contributed by atoms with Crippen molar-refractivity contribution in [3.63, 3.8) is 0 Å². The lowest BCUT2D eigenvalue weighted by Crippen LogP contribution is -2.30. The van der Waals surface area contributed by atoms with E-state index in [2.05, 4.69) is 33.0 Å². The lowest BCUT2D eigenvalue weighted by molar-refractivity contribution is 0.0735. The van der Waals surface area contributed by atoms with Gasteiger partial charge in [0.2, 0.25) is 0 Å². The van der Waals surface area contributed by atoms with Crippen molar-refractivity contribution < 1.29 is 4.79 Å². The maximum atomic E-state index is 12.6. The molecule has 20 heavy (non-hydrogen) atoms. The monoisotopic (exact) mass is 330 g/mol. The molecule has 2 aromatic rings. The Kier molecular flexibility index (Phi) is 3.83. The lowest BCUT2D eigenvalue weighted by atomic mass is 10.0. The molecule has 0 aliphatic carbocycles. The standard InChI is InChI=1S/C16H15BrN2O/c17-14-9-13(10-18-11-14)16(20)19-8-4-7-15(19)12-5-2-1-3-6-12/h1-3,5-6,9-11,15H,4,7-8H2. The zero-order valence-corrected chi connectivity index (χ0v) is 12.6. The quantitative estimate of drug-likeness (QED) is 0.838. The van der Waals surface area contributed by atoms with E-state index in [-0.39, 0.29) is 11.9 Å². The van der Waals surface area contributed by atoms with Crippen LogP contribution in [0.15, 0.2) is 53.3 Å². The predicted octanol–water partition coefficient (Wildman–Crippen LogP) is 3.82. The van der Waals surface area contributed by atoms with Gasteiger partial charge in [0, 0.05) is 23.4 Å². The van der Waals surface area contributed by atoms with Gasteiger partial charge in [0.1, 0.15) is 0 Å². The molecule has 4 heteroatoms. The number of rotatable bonds is 2. The van der Waals surface area contributed by atoms with Gasteiger partial charge in [0.25, 0.3) is 5.91 Å². The predicted molar refractivity (Wildman–Crippen MR) is 81.4 cm³/mol. The molecule has 1 unspecified atom stereocenters. The molecular formula is C16H15BrN2O. The van der Waals surface area contributed by atoms with Gasteiger partial charge in [-0.2, -0.15) is 0 Å². The molecule has 1 fully saturated rings. The van der Waals surface area contributed by atoms with Gasteiger partial charge in [-0.25, -0.2) is 0 Å². The van der Waals surface area contributed by atoms with Crippen LogP contribution in [0.1, 0.15) is 34.8 Å². The van der Waals surface area contributed by atoms with Crippen LogP contribution >= 0.6 is 15.9 Å². The van der Waals surface area contributed by atoms with Crippen molar-refractivity contribution in [3.05, 3.63) is 64.4 Å². The summed E-state index contributed by atoms with van der Waals surface area (Å²) in [5.74, 6) is 0.0603. The minimum Gasteiger partial charge on any atom is -0.332 e. The van der Waals surface area contributed by atoms with E-state index >= 15 is 0 Å². The van der Waals surface area contributed by atoms with Crippen LogP contribution in [0.4, 0.5) is 0 Å². The fourth-order valence-corrected chi connectivity index (χ4v) is 3.09. The summed E-state index contributed by atoms with van der Waals surface area (Å²) in [6, 6.07) is 12.2. The first kappa shape index (κ1) is 13.3. The molecular weight excluding hydrogens is 316 g/mol. The number of amides is 1. The average molecular weight is 331 g/mol. The van der Waals surface area contributed by atoms with Gasteiger partial charge in [-0.1, -0.05) is 30.3 Å². The van der Waals surface area contributed by atoms with Gasteiger partial charge < -0.3 is 4.90 Å². The van der Waals surface area contributed by atoms with E-state index in [1.807, 2.05) is 29.2 Å². The van der Waals surface area contributed by atoms with Crippen LogP contribution in [-0.4, -0.2) is 22.3 Å². The molecule has 0 spiro atoms. The van der Waals surface area contributed by atoms with Gasteiger partial charge in [-0.05, 0) is 40.4 Å². The molecule has 0 N–H and O–H groups in total. The maximum Gasteiger partial charge on any atom is 0.255 e. The van der Waals surface area contributed by atoms with Gasteiger partial charge in [-0.3, -0.25) is 9.78 Å². The van der Waals surface area contributed by atoms with Gasteiger partial charge in [0.05, 0.1) is 11.6 Å². The van der Waals surface area contributed by atoms with Crippen LogP contribution in [0, 0.1) is 0 Å². The molecule has 3 nitrogen and oxygen atoms in total. The SMILES string of the molecule is O=C(c1cncc(Br)c1)N1CCCC1c1ccccc1. The van der Waals surface area contributed by atoms with Crippen LogP contribution in [0.5, 0.6) is 0 Å². The second kappa shape index (κ2) is 5.75. The van der Waals surface area contributed by atoms with Crippen molar-refractivity contribution in [1.29, 1.82) is 0 Å². The lowest BCUT2D eigenvalue weighted by Gasteiger charge is -2.25. The zero-order valence-electron chi connectivity index (χ0n) is 11.0. The average Bonchev–Trinajstić information content (AvgIpc) is 2.97. The summed E-state index contributed by atoms with van der Waals surface area (Å²) in [7, 11) is 0. The number of likely N-dealkylation sites (tertiary alicyclic amines) is 1. The summed E-state index contributed by atoms with van der Waals surface area (Å²) in [5.41, 5.74) is 1.85. The third-order valence-electron chi connectivity index (χ3n) is 3.65. The Morgan fingerprint density at radius 3 is 2.80 bits per heavy atom. The Balaban J connectivity index is 1.87. The van der Waals surface area contributed by atoms with Crippen molar-refractivity contribution in [2.45, 2.75) is 18.9 Å². The highest BCUT2D eigenvalue weighted by Gasteiger charge is 2.30. The fraction of sp³-hybridized carbons (Fsp3) is 0.250. The number of carbonyl (C=O) groups excluding carboxylic acids is 1. The Bertz CT molecular complexity index is 615. The normalized spacial score (nSPS) is 18.2. The second-order valence-corrected chi connectivity index (χ2v) is 5.87. The van der Waals surface area contributed by atoms with E-state index in [4.69, 9.17) is 0 Å². The molecule has 1 aromatic carbocycles. The molecule has 1 amide bonds. The van der Waals surface area contributed by atoms with Crippen molar-refractivity contribution in [2.75, 3.05) is 6.54 Å². The number of pyridine rings is 1. The molecule has 102 valence electrons. The number of hydrogen-bond donors (Lipinski definition) is 0. The number of aromatic nitrogens is 1. The van der Waals surface area contributed by atoms with Gasteiger partial charge in [-0.15, -0.1) is 0 Å². The Morgan fingerprint density at radius 1 is 1.25 bits per heavy atom. The van der Waals surface area contributed by atoms with E-state index in [9.17, 15) is 4.79 Å². The molecule has 0 radical (unpaired) electrons. The number of hydrogen-bond acceptors (Lipinski definition) is 2. The van der Waals surface area contributed by atoms with Gasteiger partial charge >= 0.3 is 0 Å². The van der Waals surface area contributed by atoms with E-state index in [1.165, 1.54) is 5.56 Å². The highest BCUT2D eigenvalue weighted by Crippen LogP contribution is 2.33. The first-order valence-electron chi connectivity index (χ1n) is 6.72. The highest BCUT2D eigenvalue weighted by atomic mass is 79.9. The number of benzene rings is 1. The molecule has 2 heterocycles. The van der Waals surface area contributed by atoms with Crippen molar-refractivity contribution in [2.24, 2.45) is 0 Å². The summed E-state index contributed by atoms with van der Waals surface area (Å²) >= 11 is 3.37. The first-order chi connectivity index (χ1) is 9.75. The van der Waals surface area contributed by atoms with E-state index < -0.39 is 0 Å². The van der Waals surface area contributed by atoms with E-state index in [1.54, 1.807) is 12.4 Å². The minimum atomic E-state index is 0.0603. The van der Waals surface area contributed by atoms with Crippen LogP contribution < -0.4 is 0 Å². The second-order valence-electron chi connectivity index (χ2n) is 4.96. The molecule has 1 saturated heterocycles. The first-order valence-corrected chi connectivity index (χ1v) is 7.51. The van der Waals surface area contributed by atoms with Crippen molar-refractivity contribution >= 4 is 21.8 Å². The largest absolute Gasteiger partial charge is 0.332 e. The number of halogens is 1. The third-order valence-corrected chi connectivity index (χ3v) is 4.08. The van der Waals surface area contributed by atoms with E-state index in [0.29, 0.717) is 5.56 Å². The minimum absolute atomic E-state index is 0.0603. The van der Waals surface area contributed by atoms with E-state index in [0.717, 1.165) is 23.9 Å². The Hall–Kier alpha value is -1.68. The van der Waals surface area contributed by atoms with Crippen molar-refractivity contribution in [3.8, 4) is 0 Å². The smallest absolute Gasteiger partial charge is 0.255 e. The molecule has 0 bridgehead atoms. The molecule has 0 saturated carbocycles. The summed E-state index contributed by atoms with van der Waals surface area (Å²) in [4.78, 5) is 18.7. The molecule has 1 aliphatic heterocycles. The third kappa shape index (κ3) is 2.61. The van der Waals surface area contributed by atoms with Gasteiger partial charge in [0.15, 0.2) is 0 Å². The highest BCUT2D eigenvalue weighted by molar-refractivity contribution is 9.10. The molecule has 1 atom stereocenters.